The topological polar surface area (TPSA) is 91.2 Å². The van der Waals surface area contributed by atoms with E-state index in [0.29, 0.717) is 0 Å². The summed E-state index contributed by atoms with van der Waals surface area (Å²) in [6.07, 6.45) is -1.48. The molecule has 0 saturated heterocycles. The van der Waals surface area contributed by atoms with Crippen LogP contribution < -0.4 is 10.6 Å². The number of rotatable bonds is 9. The predicted octanol–water partition coefficient (Wildman–Crippen LogP) is 6.92. The highest BCUT2D eigenvalue weighted by atomic mass is 35.5. The van der Waals surface area contributed by atoms with Gasteiger partial charge in [-0.05, 0) is 48.4 Å². The number of hydrogen-bond acceptors (Lipinski definition) is 4. The number of carbonyl (C=O) groups is 2. The molecular weight excluding hydrogens is 511 g/mol. The number of alkyl halides is 2. The number of ether oxygens (including phenoxy) is 1. The number of alkyl carbamates (subject to hydrolysis) is 1. The first-order chi connectivity index (χ1) is 17.2. The van der Waals surface area contributed by atoms with Gasteiger partial charge in [-0.25, -0.2) is 13.6 Å². The van der Waals surface area contributed by atoms with Crippen molar-refractivity contribution in [3.05, 3.63) is 99.0 Å². The van der Waals surface area contributed by atoms with Gasteiger partial charge >= 0.3 is 6.09 Å². The van der Waals surface area contributed by atoms with Crippen molar-refractivity contribution in [2.45, 2.75) is 25.3 Å². The van der Waals surface area contributed by atoms with Crippen LogP contribution in [0.2, 0.25) is 10.0 Å². The third kappa shape index (κ3) is 7.41. The Hall–Kier alpha value is -3.67. The van der Waals surface area contributed by atoms with Crippen LogP contribution in [0.15, 0.2) is 66.7 Å². The number of amides is 2. The van der Waals surface area contributed by atoms with E-state index in [4.69, 9.17) is 33.2 Å². The average Bonchev–Trinajstić information content (AvgIpc) is 2.87. The number of nitrogens with zero attached hydrogens (tertiary/aromatic N) is 1. The second-order valence-electron chi connectivity index (χ2n) is 7.74. The monoisotopic (exact) mass is 531 g/mol. The molecule has 2 N–H and O–H groups in total. The quantitative estimate of drug-likeness (QED) is 0.293. The molecule has 0 aromatic heterocycles. The molecule has 0 fully saturated rings. The summed E-state index contributed by atoms with van der Waals surface area (Å²) in [4.78, 5) is 24.4. The van der Waals surface area contributed by atoms with Crippen molar-refractivity contribution in [3.63, 3.8) is 0 Å². The van der Waals surface area contributed by atoms with Crippen LogP contribution in [-0.4, -0.2) is 18.6 Å². The first-order valence-corrected chi connectivity index (χ1v) is 11.6. The van der Waals surface area contributed by atoms with E-state index in [1.54, 1.807) is 0 Å². The lowest BCUT2D eigenvalue weighted by atomic mass is 10.0. The molecule has 3 aromatic rings. The molecule has 0 unspecified atom stereocenters. The summed E-state index contributed by atoms with van der Waals surface area (Å²) in [5.41, 5.74) is 0.764. The summed E-state index contributed by atoms with van der Waals surface area (Å²) in [6, 6.07) is 18.9. The summed E-state index contributed by atoms with van der Waals surface area (Å²) < 4.78 is 34.8. The van der Waals surface area contributed by atoms with Gasteiger partial charge in [0.05, 0.1) is 17.2 Å². The Labute approximate surface area is 216 Å². The Balaban J connectivity index is 1.56. The number of nitrogens with one attached hydrogen (secondary N) is 2. The van der Waals surface area contributed by atoms with Crippen LogP contribution in [0.25, 0.3) is 0 Å². The van der Waals surface area contributed by atoms with Gasteiger partial charge in [-0.3, -0.25) is 4.79 Å². The van der Waals surface area contributed by atoms with Crippen LogP contribution in [-0.2, 0) is 17.2 Å². The van der Waals surface area contributed by atoms with Gasteiger partial charge < -0.3 is 15.4 Å². The highest BCUT2D eigenvalue weighted by Crippen LogP contribution is 2.38. The number of hydrogen-bond donors (Lipinski definition) is 2. The fourth-order valence-electron chi connectivity index (χ4n) is 3.25. The summed E-state index contributed by atoms with van der Waals surface area (Å²) in [7, 11) is 0. The number of anilines is 1. The maximum absolute atomic E-state index is 14.9. The molecule has 36 heavy (non-hydrogen) atoms. The van der Waals surface area contributed by atoms with Crippen molar-refractivity contribution < 1.29 is 23.1 Å². The van der Waals surface area contributed by atoms with Gasteiger partial charge in [0.2, 0.25) is 0 Å². The van der Waals surface area contributed by atoms with Crippen molar-refractivity contribution in [3.8, 4) is 6.07 Å². The molecule has 0 heterocycles. The second-order valence-corrected chi connectivity index (χ2v) is 8.55. The molecule has 0 bridgehead atoms. The molecule has 186 valence electrons. The molecule has 0 radical (unpaired) electrons. The minimum atomic E-state index is -3.37. The second kappa shape index (κ2) is 12.3. The molecule has 10 heteroatoms. The Kier molecular flexibility index (Phi) is 9.23. The van der Waals surface area contributed by atoms with Gasteiger partial charge in [-0.15, -0.1) is 0 Å². The summed E-state index contributed by atoms with van der Waals surface area (Å²) in [6.45, 7) is 0.0416. The van der Waals surface area contributed by atoms with E-state index in [1.807, 2.05) is 36.4 Å². The van der Waals surface area contributed by atoms with Gasteiger partial charge in [-0.1, -0.05) is 53.5 Å². The third-order valence-corrected chi connectivity index (χ3v) is 5.77. The lowest BCUT2D eigenvalue weighted by Gasteiger charge is -2.19. The Morgan fingerprint density at radius 3 is 2.44 bits per heavy atom. The third-order valence-electron chi connectivity index (χ3n) is 5.12. The maximum atomic E-state index is 14.9. The van der Waals surface area contributed by atoms with E-state index in [-0.39, 0.29) is 46.4 Å². The van der Waals surface area contributed by atoms with E-state index in [9.17, 15) is 18.4 Å². The highest BCUT2D eigenvalue weighted by Gasteiger charge is 2.34. The fraction of sp³-hybridized carbons (Fsp3) is 0.192. The lowest BCUT2D eigenvalue weighted by Crippen LogP contribution is -2.24. The first-order valence-electron chi connectivity index (χ1n) is 10.8. The summed E-state index contributed by atoms with van der Waals surface area (Å²) >= 11 is 11.9. The zero-order valence-electron chi connectivity index (χ0n) is 18.9. The van der Waals surface area contributed by atoms with E-state index in [0.717, 1.165) is 11.6 Å². The maximum Gasteiger partial charge on any atom is 0.407 e. The molecule has 0 aliphatic rings. The predicted molar refractivity (Wildman–Crippen MR) is 133 cm³/mol. The fourth-order valence-corrected chi connectivity index (χ4v) is 3.67. The van der Waals surface area contributed by atoms with E-state index >= 15 is 0 Å². The molecule has 0 saturated carbocycles. The van der Waals surface area contributed by atoms with Crippen LogP contribution in [0.4, 0.5) is 19.3 Å². The first kappa shape index (κ1) is 26.9. The minimum Gasteiger partial charge on any atom is -0.450 e. The van der Waals surface area contributed by atoms with Crippen LogP contribution in [0, 0.1) is 11.3 Å². The number of carbonyl (C=O) groups excluding carboxylic acids is 2. The largest absolute Gasteiger partial charge is 0.450 e. The molecule has 0 aliphatic heterocycles. The van der Waals surface area contributed by atoms with Crippen molar-refractivity contribution >= 4 is 40.9 Å². The van der Waals surface area contributed by atoms with Gasteiger partial charge in [0.15, 0.2) is 0 Å². The average molecular weight is 532 g/mol. The standard InChI is InChI=1S/C26H21Cl2F2N3O3/c27-22-10-8-20(13-19(22)15-31)33-24(34)18-7-9-23(28)21(14-18)26(29,30)11-4-12-36-25(35)32-16-17-5-2-1-3-6-17/h1-3,5-10,13-14H,4,11-12,16H2,(H,32,35)(H,33,34). The van der Waals surface area contributed by atoms with Crippen molar-refractivity contribution in [2.75, 3.05) is 11.9 Å². The number of halogens is 4. The van der Waals surface area contributed by atoms with E-state index in [2.05, 4.69) is 10.6 Å². The van der Waals surface area contributed by atoms with Crippen molar-refractivity contribution in [1.82, 2.24) is 5.32 Å². The smallest absolute Gasteiger partial charge is 0.407 e. The molecule has 0 spiro atoms. The van der Waals surface area contributed by atoms with Gasteiger partial charge in [0, 0.05) is 34.8 Å². The highest BCUT2D eigenvalue weighted by molar-refractivity contribution is 6.32. The molecule has 3 aromatic carbocycles. The van der Waals surface area contributed by atoms with Gasteiger partial charge in [-0.2, -0.15) is 5.26 Å². The molecule has 3 rings (SSSR count). The number of benzene rings is 3. The molecule has 0 atom stereocenters. The zero-order chi connectivity index (χ0) is 26.1. The lowest BCUT2D eigenvalue weighted by molar-refractivity contribution is -0.0195. The Morgan fingerprint density at radius 1 is 1.00 bits per heavy atom. The molecule has 6 nitrogen and oxygen atoms in total. The minimum absolute atomic E-state index is 0.0425. The van der Waals surface area contributed by atoms with Crippen molar-refractivity contribution in [1.29, 1.82) is 5.26 Å². The Bertz CT molecular complexity index is 1280. The number of nitriles is 1. The summed E-state index contributed by atoms with van der Waals surface area (Å²) in [5, 5.41) is 14.2. The zero-order valence-corrected chi connectivity index (χ0v) is 20.4. The van der Waals surface area contributed by atoms with Crippen LogP contribution >= 0.6 is 23.2 Å². The molecular formula is C26H21Cl2F2N3O3. The van der Waals surface area contributed by atoms with Crippen LogP contribution in [0.1, 0.15) is 39.9 Å². The van der Waals surface area contributed by atoms with Crippen LogP contribution in [0.3, 0.4) is 0 Å². The molecule has 0 aliphatic carbocycles. The summed E-state index contributed by atoms with van der Waals surface area (Å²) in [5.74, 6) is -4.03. The van der Waals surface area contributed by atoms with Gasteiger partial charge in [0.25, 0.3) is 11.8 Å². The molecule has 2 amide bonds. The van der Waals surface area contributed by atoms with E-state index < -0.39 is 29.9 Å². The van der Waals surface area contributed by atoms with Crippen molar-refractivity contribution in [2.24, 2.45) is 0 Å². The van der Waals surface area contributed by atoms with Gasteiger partial charge in [0.1, 0.15) is 6.07 Å². The SMILES string of the molecule is N#Cc1cc(NC(=O)c2ccc(Cl)c(C(F)(F)CCCOC(=O)NCc3ccccc3)c2)ccc1Cl. The van der Waals surface area contributed by atoms with E-state index in [1.165, 1.54) is 30.3 Å². The Morgan fingerprint density at radius 2 is 1.72 bits per heavy atom. The normalized spacial score (nSPS) is 10.9. The van der Waals surface area contributed by atoms with Crippen LogP contribution in [0.5, 0.6) is 0 Å².